The summed E-state index contributed by atoms with van der Waals surface area (Å²) in [7, 11) is 0. The van der Waals surface area contributed by atoms with Crippen LogP contribution in [0.5, 0.6) is 0 Å². The van der Waals surface area contributed by atoms with Crippen molar-refractivity contribution < 1.29 is 0 Å². The average molecular weight is 247 g/mol. The van der Waals surface area contributed by atoms with Gasteiger partial charge in [-0.2, -0.15) is 0 Å². The van der Waals surface area contributed by atoms with Gasteiger partial charge in [-0.25, -0.2) is 0 Å². The van der Waals surface area contributed by atoms with E-state index in [2.05, 4.69) is 48.8 Å². The molecule has 18 heavy (non-hydrogen) atoms. The highest BCUT2D eigenvalue weighted by atomic mass is 15.3. The molecule has 1 unspecified atom stereocenters. The fourth-order valence-electron chi connectivity index (χ4n) is 2.96. The molecule has 1 aromatic carbocycles. The van der Waals surface area contributed by atoms with E-state index in [-0.39, 0.29) is 0 Å². The first kappa shape index (κ1) is 13.2. The average Bonchev–Trinajstić information content (AvgIpc) is 2.80. The van der Waals surface area contributed by atoms with E-state index in [4.69, 9.17) is 5.73 Å². The molecule has 1 fully saturated rings. The van der Waals surface area contributed by atoms with Gasteiger partial charge in [0.25, 0.3) is 0 Å². The number of nitrogens with zero attached hydrogens (tertiary/aromatic N) is 2. The van der Waals surface area contributed by atoms with Crippen molar-refractivity contribution in [2.75, 3.05) is 36.8 Å². The van der Waals surface area contributed by atoms with Crippen LogP contribution in [0.3, 0.4) is 0 Å². The topological polar surface area (TPSA) is 32.5 Å². The van der Waals surface area contributed by atoms with Crippen LogP contribution in [0.25, 0.3) is 0 Å². The summed E-state index contributed by atoms with van der Waals surface area (Å²) in [6, 6.07) is 7.06. The highest BCUT2D eigenvalue weighted by Gasteiger charge is 2.26. The molecule has 2 N–H and O–H groups in total. The molecule has 1 aromatic rings. The number of hydrogen-bond acceptors (Lipinski definition) is 3. The second-order valence-electron chi connectivity index (χ2n) is 5.17. The van der Waals surface area contributed by atoms with Crippen LogP contribution in [0.15, 0.2) is 18.2 Å². The molecule has 100 valence electrons. The van der Waals surface area contributed by atoms with Gasteiger partial charge in [0.15, 0.2) is 0 Å². The van der Waals surface area contributed by atoms with Crippen molar-refractivity contribution in [1.29, 1.82) is 0 Å². The van der Waals surface area contributed by atoms with Crippen LogP contribution < -0.4 is 10.6 Å². The summed E-state index contributed by atoms with van der Waals surface area (Å²) in [5, 5.41) is 0. The Morgan fingerprint density at radius 1 is 1.33 bits per heavy atom. The molecule has 0 aromatic heterocycles. The maximum Gasteiger partial charge on any atom is 0.0600 e. The second kappa shape index (κ2) is 5.61. The van der Waals surface area contributed by atoms with Crippen molar-refractivity contribution >= 4 is 11.4 Å². The number of rotatable bonds is 4. The van der Waals surface area contributed by atoms with Crippen molar-refractivity contribution in [1.82, 2.24) is 4.90 Å². The van der Waals surface area contributed by atoms with Crippen LogP contribution >= 0.6 is 0 Å². The number of nitrogens with two attached hydrogens (primary N) is 1. The minimum absolute atomic E-state index is 0.681. The molecule has 0 bridgehead atoms. The number of benzene rings is 1. The van der Waals surface area contributed by atoms with Gasteiger partial charge in [0.05, 0.1) is 11.4 Å². The molecular formula is C15H25N3. The summed E-state index contributed by atoms with van der Waals surface area (Å²) in [6.07, 6.45) is 1.25. The lowest BCUT2D eigenvalue weighted by Gasteiger charge is -2.27. The van der Waals surface area contributed by atoms with E-state index >= 15 is 0 Å². The van der Waals surface area contributed by atoms with Gasteiger partial charge in [0, 0.05) is 19.1 Å². The molecule has 1 aliphatic rings. The molecule has 3 heteroatoms. The molecule has 1 atom stereocenters. The molecule has 0 radical (unpaired) electrons. The third-order valence-corrected chi connectivity index (χ3v) is 4.02. The summed E-state index contributed by atoms with van der Waals surface area (Å²) in [5.74, 6) is 0. The first-order valence-corrected chi connectivity index (χ1v) is 7.00. The monoisotopic (exact) mass is 247 g/mol. The Balaban J connectivity index is 2.08. The Morgan fingerprint density at radius 3 is 2.67 bits per heavy atom. The second-order valence-corrected chi connectivity index (χ2v) is 5.17. The van der Waals surface area contributed by atoms with E-state index in [9.17, 15) is 0 Å². The Labute approximate surface area is 111 Å². The summed E-state index contributed by atoms with van der Waals surface area (Å²) < 4.78 is 0. The van der Waals surface area contributed by atoms with Gasteiger partial charge in [-0.05, 0) is 44.1 Å². The number of hydrogen-bond donors (Lipinski definition) is 1. The smallest absolute Gasteiger partial charge is 0.0600 e. The lowest BCUT2D eigenvalue weighted by molar-refractivity contribution is 0.232. The molecule has 1 saturated heterocycles. The Morgan fingerprint density at radius 2 is 2.06 bits per heavy atom. The quantitative estimate of drug-likeness (QED) is 0.830. The lowest BCUT2D eigenvalue weighted by atomic mass is 10.2. The summed E-state index contributed by atoms with van der Waals surface area (Å²) >= 11 is 0. The molecular weight excluding hydrogens is 222 g/mol. The van der Waals surface area contributed by atoms with Crippen LogP contribution in [0.4, 0.5) is 11.4 Å². The van der Waals surface area contributed by atoms with E-state index < -0.39 is 0 Å². The van der Waals surface area contributed by atoms with Gasteiger partial charge in [0.2, 0.25) is 0 Å². The van der Waals surface area contributed by atoms with Crippen LogP contribution in [-0.4, -0.2) is 37.1 Å². The first-order chi connectivity index (χ1) is 8.65. The fraction of sp³-hybridized carbons (Fsp3) is 0.600. The van der Waals surface area contributed by atoms with E-state index in [0.717, 1.165) is 31.9 Å². The van der Waals surface area contributed by atoms with Crippen LogP contribution in [0.1, 0.15) is 25.8 Å². The molecule has 0 aliphatic carbocycles. The van der Waals surface area contributed by atoms with Gasteiger partial charge < -0.3 is 10.6 Å². The number of anilines is 2. The van der Waals surface area contributed by atoms with Crippen molar-refractivity contribution in [3.05, 3.63) is 23.8 Å². The number of nitrogen functional groups attached to an aromatic ring is 1. The molecule has 1 heterocycles. The van der Waals surface area contributed by atoms with Crippen LogP contribution in [-0.2, 0) is 0 Å². The first-order valence-electron chi connectivity index (χ1n) is 7.00. The Kier molecular flexibility index (Phi) is 4.12. The molecule has 0 saturated carbocycles. The van der Waals surface area contributed by atoms with Crippen molar-refractivity contribution in [3.8, 4) is 0 Å². The van der Waals surface area contributed by atoms with Gasteiger partial charge in [-0.3, -0.25) is 4.90 Å². The zero-order chi connectivity index (χ0) is 13.1. The Hall–Kier alpha value is -1.22. The summed E-state index contributed by atoms with van der Waals surface area (Å²) in [4.78, 5) is 4.97. The molecule has 3 nitrogen and oxygen atoms in total. The van der Waals surface area contributed by atoms with E-state index in [0.29, 0.717) is 6.04 Å². The molecule has 0 spiro atoms. The summed E-state index contributed by atoms with van der Waals surface area (Å²) in [6.45, 7) is 11.1. The normalized spacial score (nSPS) is 19.8. The van der Waals surface area contributed by atoms with E-state index in [1.54, 1.807) is 0 Å². The van der Waals surface area contributed by atoms with Crippen molar-refractivity contribution in [2.45, 2.75) is 33.2 Å². The van der Waals surface area contributed by atoms with Crippen LogP contribution in [0.2, 0.25) is 0 Å². The predicted molar refractivity (Wildman–Crippen MR) is 79.1 cm³/mol. The van der Waals surface area contributed by atoms with Crippen molar-refractivity contribution in [2.24, 2.45) is 0 Å². The highest BCUT2D eigenvalue weighted by molar-refractivity contribution is 5.68. The fourth-order valence-corrected chi connectivity index (χ4v) is 2.96. The molecule has 1 aliphatic heterocycles. The van der Waals surface area contributed by atoms with E-state index in [1.165, 1.54) is 17.7 Å². The predicted octanol–water partition coefficient (Wildman–Crippen LogP) is 2.50. The summed E-state index contributed by atoms with van der Waals surface area (Å²) in [5.41, 5.74) is 9.48. The largest absolute Gasteiger partial charge is 0.397 e. The number of likely N-dealkylation sites (N-methyl/N-ethyl adjacent to an activating group) is 1. The SMILES string of the molecule is CCN(CC)C1CCN(c2ccc(C)cc2N)C1. The zero-order valence-electron chi connectivity index (χ0n) is 11.8. The minimum atomic E-state index is 0.681. The molecule has 2 rings (SSSR count). The van der Waals surface area contributed by atoms with Gasteiger partial charge in [0.1, 0.15) is 0 Å². The van der Waals surface area contributed by atoms with Crippen molar-refractivity contribution in [3.63, 3.8) is 0 Å². The number of aryl methyl sites for hydroxylation is 1. The molecule has 0 amide bonds. The standard InChI is InChI=1S/C15H25N3/c1-4-17(5-2)13-8-9-18(11-13)15-7-6-12(3)10-14(15)16/h6-7,10,13H,4-5,8-9,11,16H2,1-3H3. The lowest BCUT2D eigenvalue weighted by Crippen LogP contribution is -2.37. The third-order valence-electron chi connectivity index (χ3n) is 4.02. The Bertz CT molecular complexity index is 399. The van der Waals surface area contributed by atoms with Gasteiger partial charge >= 0.3 is 0 Å². The minimum Gasteiger partial charge on any atom is -0.397 e. The maximum atomic E-state index is 6.13. The van der Waals surface area contributed by atoms with E-state index in [1.807, 2.05) is 0 Å². The van der Waals surface area contributed by atoms with Crippen LogP contribution in [0, 0.1) is 6.92 Å². The maximum absolute atomic E-state index is 6.13. The third kappa shape index (κ3) is 2.61. The highest BCUT2D eigenvalue weighted by Crippen LogP contribution is 2.28. The zero-order valence-corrected chi connectivity index (χ0v) is 11.8. The van der Waals surface area contributed by atoms with Gasteiger partial charge in [-0.15, -0.1) is 0 Å². The van der Waals surface area contributed by atoms with Gasteiger partial charge in [-0.1, -0.05) is 19.9 Å².